The van der Waals surface area contributed by atoms with Gasteiger partial charge >= 0.3 is 19.8 Å². The minimum Gasteiger partial charge on any atom is -0.462 e. The van der Waals surface area contributed by atoms with Gasteiger partial charge in [-0.1, -0.05) is 173 Å². The van der Waals surface area contributed by atoms with E-state index in [4.69, 9.17) is 18.5 Å². The zero-order chi connectivity index (χ0) is 41.4. The summed E-state index contributed by atoms with van der Waals surface area (Å²) >= 11 is 0. The van der Waals surface area contributed by atoms with Crippen LogP contribution in [0.2, 0.25) is 0 Å². The second-order valence-corrected chi connectivity index (χ2v) is 18.2. The molecule has 0 aliphatic carbocycles. The van der Waals surface area contributed by atoms with Gasteiger partial charge in [-0.05, 0) is 44.9 Å². The summed E-state index contributed by atoms with van der Waals surface area (Å²) in [5.41, 5.74) is 0. The number of hydrogen-bond donors (Lipinski definition) is 1. The second-order valence-electron chi connectivity index (χ2n) is 16.8. The van der Waals surface area contributed by atoms with E-state index in [0.717, 1.165) is 44.9 Å². The maximum Gasteiger partial charge on any atom is 0.472 e. The summed E-state index contributed by atoms with van der Waals surface area (Å²) in [4.78, 5) is 35.2. The van der Waals surface area contributed by atoms with Gasteiger partial charge in [0.2, 0.25) is 0 Å². The Morgan fingerprint density at radius 3 is 1.43 bits per heavy atom. The van der Waals surface area contributed by atoms with Crippen LogP contribution in [0.15, 0.2) is 24.3 Å². The first kappa shape index (κ1) is 54.5. The molecule has 9 nitrogen and oxygen atoms in total. The Kier molecular flexibility index (Phi) is 37.9. The van der Waals surface area contributed by atoms with Crippen molar-refractivity contribution in [1.29, 1.82) is 0 Å². The lowest BCUT2D eigenvalue weighted by Gasteiger charge is -2.24. The summed E-state index contributed by atoms with van der Waals surface area (Å²) in [7, 11) is 1.46. The molecule has 0 radical (unpaired) electrons. The molecule has 1 N–H and O–H groups in total. The molecule has 1 unspecified atom stereocenters. The van der Waals surface area contributed by atoms with E-state index in [2.05, 4.69) is 38.2 Å². The highest BCUT2D eigenvalue weighted by atomic mass is 31.2. The number of quaternary nitrogens is 1. The zero-order valence-electron chi connectivity index (χ0n) is 37.1. The van der Waals surface area contributed by atoms with Gasteiger partial charge in [0, 0.05) is 12.8 Å². The van der Waals surface area contributed by atoms with Crippen molar-refractivity contribution >= 4 is 19.8 Å². The van der Waals surface area contributed by atoms with Crippen molar-refractivity contribution in [2.24, 2.45) is 0 Å². The van der Waals surface area contributed by atoms with Crippen LogP contribution in [0, 0.1) is 0 Å². The molecule has 0 saturated heterocycles. The van der Waals surface area contributed by atoms with E-state index in [1.54, 1.807) is 0 Å². The SMILES string of the molecule is CCCCCCCCCCCCCCCC/C=C/CC/C=C/CCCC(=O)O[C@H](COC(=O)CCCCCCCCCCC)COP(=O)(O)OCC[N+](C)(C)C. The molecule has 0 fully saturated rings. The first-order valence-corrected chi connectivity index (χ1v) is 24.6. The molecule has 2 atom stereocenters. The number of likely N-dealkylation sites (N-methyl/N-ethyl adjacent to an activating group) is 1. The van der Waals surface area contributed by atoms with Crippen molar-refractivity contribution in [1.82, 2.24) is 0 Å². The molecule has 0 bridgehead atoms. The monoisotopic (exact) mass is 815 g/mol. The van der Waals surface area contributed by atoms with Gasteiger partial charge in [-0.15, -0.1) is 0 Å². The molecule has 0 aromatic heterocycles. The fourth-order valence-electron chi connectivity index (χ4n) is 6.33. The van der Waals surface area contributed by atoms with Gasteiger partial charge < -0.3 is 18.9 Å². The first-order chi connectivity index (χ1) is 27.0. The highest BCUT2D eigenvalue weighted by Crippen LogP contribution is 2.43. The van der Waals surface area contributed by atoms with Gasteiger partial charge in [-0.25, -0.2) is 4.57 Å². The molecule has 0 aliphatic rings. The third kappa shape index (κ3) is 42.1. The molecule has 0 aromatic carbocycles. The molecule has 10 heteroatoms. The Hall–Kier alpha value is -1.51. The highest BCUT2D eigenvalue weighted by molar-refractivity contribution is 7.47. The molecule has 56 heavy (non-hydrogen) atoms. The molecular formula is C46H89NO8P+. The number of nitrogens with zero attached hydrogens (tertiary/aromatic N) is 1. The number of rotatable bonds is 42. The lowest BCUT2D eigenvalue weighted by molar-refractivity contribution is -0.870. The van der Waals surface area contributed by atoms with E-state index in [9.17, 15) is 19.0 Å². The third-order valence-electron chi connectivity index (χ3n) is 9.96. The van der Waals surface area contributed by atoms with Crippen LogP contribution >= 0.6 is 7.82 Å². The van der Waals surface area contributed by atoms with Crippen LogP contribution in [0.5, 0.6) is 0 Å². The average Bonchev–Trinajstić information content (AvgIpc) is 3.15. The van der Waals surface area contributed by atoms with Gasteiger partial charge in [-0.3, -0.25) is 18.6 Å². The van der Waals surface area contributed by atoms with Crippen molar-refractivity contribution in [2.45, 2.75) is 213 Å². The number of phosphoric ester groups is 1. The Bertz CT molecular complexity index is 1010. The summed E-state index contributed by atoms with van der Waals surface area (Å²) in [6.07, 6.45) is 42.6. The summed E-state index contributed by atoms with van der Waals surface area (Å²) in [6, 6.07) is 0. The lowest BCUT2D eigenvalue weighted by atomic mass is 10.0. The van der Waals surface area contributed by atoms with Gasteiger partial charge in [-0.2, -0.15) is 0 Å². The van der Waals surface area contributed by atoms with Crippen LogP contribution in [0.4, 0.5) is 0 Å². The number of phosphoric acid groups is 1. The first-order valence-electron chi connectivity index (χ1n) is 23.1. The standard InChI is InChI=1S/C46H88NO8P/c1-6-8-10-12-14-16-17-18-19-20-21-22-23-24-25-26-27-28-29-31-33-35-37-39-46(49)55-44(43-54-56(50,51)53-41-40-47(3,4)5)42-52-45(48)38-36-34-32-30-15-13-11-9-7-2/h26-27,31,33,44H,6-25,28-30,32,34-43H2,1-5H3/p+1/b27-26+,33-31+/t44-/m1/s1. The Balaban J connectivity index is 4.26. The summed E-state index contributed by atoms with van der Waals surface area (Å²) in [5, 5.41) is 0. The molecule has 0 heterocycles. The molecular weight excluding hydrogens is 725 g/mol. The Labute approximate surface area is 345 Å². The number of carbonyl (C=O) groups excluding carboxylic acids is 2. The molecule has 0 saturated carbocycles. The van der Waals surface area contributed by atoms with E-state index < -0.39 is 26.5 Å². The van der Waals surface area contributed by atoms with Crippen molar-refractivity contribution in [2.75, 3.05) is 47.5 Å². The smallest absolute Gasteiger partial charge is 0.462 e. The van der Waals surface area contributed by atoms with Crippen molar-refractivity contribution in [3.63, 3.8) is 0 Å². The van der Waals surface area contributed by atoms with Crippen LogP contribution in [0.3, 0.4) is 0 Å². The minimum absolute atomic E-state index is 0.0266. The average molecular weight is 815 g/mol. The van der Waals surface area contributed by atoms with Crippen molar-refractivity contribution in [3.8, 4) is 0 Å². The predicted molar refractivity (Wildman–Crippen MR) is 234 cm³/mol. The normalized spacial score (nSPS) is 13.8. The predicted octanol–water partition coefficient (Wildman–Crippen LogP) is 13.1. The number of unbranched alkanes of at least 4 members (excludes halogenated alkanes) is 24. The quantitative estimate of drug-likeness (QED) is 0.0213. The number of ether oxygens (including phenoxy) is 2. The van der Waals surface area contributed by atoms with Gasteiger partial charge in [0.05, 0.1) is 27.7 Å². The molecule has 0 aromatic rings. The van der Waals surface area contributed by atoms with Crippen LogP contribution in [-0.2, 0) is 32.7 Å². The Morgan fingerprint density at radius 1 is 0.536 bits per heavy atom. The fourth-order valence-corrected chi connectivity index (χ4v) is 7.07. The Morgan fingerprint density at radius 2 is 0.946 bits per heavy atom. The summed E-state index contributed by atoms with van der Waals surface area (Å²) in [5.74, 6) is -0.845. The van der Waals surface area contributed by atoms with Crippen LogP contribution in [-0.4, -0.2) is 74.9 Å². The van der Waals surface area contributed by atoms with Gasteiger partial charge in [0.15, 0.2) is 6.10 Å². The fraction of sp³-hybridized carbons (Fsp3) is 0.870. The zero-order valence-corrected chi connectivity index (χ0v) is 38.0. The third-order valence-corrected chi connectivity index (χ3v) is 10.9. The summed E-state index contributed by atoms with van der Waals surface area (Å²) < 4.78 is 34.2. The maximum atomic E-state index is 12.7. The number of allylic oxidation sites excluding steroid dienone is 4. The number of esters is 2. The number of carbonyl (C=O) groups is 2. The van der Waals surface area contributed by atoms with Crippen molar-refractivity contribution in [3.05, 3.63) is 24.3 Å². The van der Waals surface area contributed by atoms with E-state index in [1.165, 1.54) is 128 Å². The van der Waals surface area contributed by atoms with Crippen LogP contribution in [0.1, 0.15) is 206 Å². The van der Waals surface area contributed by atoms with E-state index >= 15 is 0 Å². The van der Waals surface area contributed by atoms with Crippen molar-refractivity contribution < 1.29 is 42.1 Å². The molecule has 0 rings (SSSR count). The van der Waals surface area contributed by atoms with Gasteiger partial charge in [0.25, 0.3) is 0 Å². The second kappa shape index (κ2) is 39.0. The van der Waals surface area contributed by atoms with Crippen LogP contribution in [0.25, 0.3) is 0 Å². The van der Waals surface area contributed by atoms with Gasteiger partial charge in [0.1, 0.15) is 19.8 Å². The largest absolute Gasteiger partial charge is 0.472 e. The topological polar surface area (TPSA) is 108 Å². The molecule has 0 amide bonds. The molecule has 0 spiro atoms. The summed E-state index contributed by atoms with van der Waals surface area (Å²) in [6.45, 7) is 4.37. The molecule has 330 valence electrons. The molecule has 0 aliphatic heterocycles. The maximum absolute atomic E-state index is 12.7. The van der Waals surface area contributed by atoms with Crippen LogP contribution < -0.4 is 0 Å². The van der Waals surface area contributed by atoms with E-state index in [1.807, 2.05) is 21.1 Å². The minimum atomic E-state index is -4.38. The number of hydrogen-bond acceptors (Lipinski definition) is 7. The van der Waals surface area contributed by atoms with E-state index in [0.29, 0.717) is 17.4 Å². The highest BCUT2D eigenvalue weighted by Gasteiger charge is 2.27. The van der Waals surface area contributed by atoms with E-state index in [-0.39, 0.29) is 32.0 Å². The lowest BCUT2D eigenvalue weighted by Crippen LogP contribution is -2.37.